The molecule has 1 aromatic rings. The van der Waals surface area contributed by atoms with Crippen molar-refractivity contribution < 1.29 is 9.13 Å². The molecule has 2 bridgehead atoms. The van der Waals surface area contributed by atoms with Crippen molar-refractivity contribution in [2.75, 3.05) is 19.8 Å². The topological polar surface area (TPSA) is 12.5 Å². The van der Waals surface area contributed by atoms with Crippen LogP contribution in [0.2, 0.25) is 0 Å². The average molecular weight is 235 g/mol. The van der Waals surface area contributed by atoms with E-state index >= 15 is 0 Å². The Labute approximate surface area is 101 Å². The molecule has 2 nitrogen and oxygen atoms in total. The van der Waals surface area contributed by atoms with Crippen molar-refractivity contribution in [1.82, 2.24) is 4.90 Å². The molecule has 92 valence electrons. The number of fused-ring (bicyclic) bond motifs is 2. The van der Waals surface area contributed by atoms with Crippen molar-refractivity contribution in [3.8, 4) is 0 Å². The second-order valence-corrected chi connectivity index (χ2v) is 5.00. The fraction of sp³-hybridized carbons (Fsp3) is 0.571. The first-order valence-electron chi connectivity index (χ1n) is 6.41. The van der Waals surface area contributed by atoms with Gasteiger partial charge < -0.3 is 4.74 Å². The number of rotatable bonds is 3. The van der Waals surface area contributed by atoms with Gasteiger partial charge in [-0.05, 0) is 30.9 Å². The molecule has 0 aromatic heterocycles. The van der Waals surface area contributed by atoms with Crippen molar-refractivity contribution >= 4 is 0 Å². The van der Waals surface area contributed by atoms with E-state index in [2.05, 4.69) is 4.90 Å². The molecule has 0 saturated carbocycles. The van der Waals surface area contributed by atoms with Gasteiger partial charge in [0.25, 0.3) is 0 Å². The zero-order valence-corrected chi connectivity index (χ0v) is 9.94. The summed E-state index contributed by atoms with van der Waals surface area (Å²) in [5.74, 6) is -0.0758. The molecule has 3 rings (SSSR count). The molecular weight excluding hydrogens is 217 g/mol. The molecule has 2 fully saturated rings. The third-order valence-electron chi connectivity index (χ3n) is 3.99. The maximum atomic E-state index is 13.5. The van der Waals surface area contributed by atoms with Crippen molar-refractivity contribution in [3.05, 3.63) is 35.6 Å². The monoisotopic (exact) mass is 235 g/mol. The molecule has 2 unspecified atom stereocenters. The first-order valence-corrected chi connectivity index (χ1v) is 6.41. The van der Waals surface area contributed by atoms with E-state index < -0.39 is 0 Å². The van der Waals surface area contributed by atoms with Crippen LogP contribution in [0.15, 0.2) is 24.3 Å². The molecule has 17 heavy (non-hydrogen) atoms. The van der Waals surface area contributed by atoms with Crippen LogP contribution in [0.1, 0.15) is 18.4 Å². The van der Waals surface area contributed by atoms with E-state index in [4.69, 9.17) is 4.74 Å². The minimum Gasteiger partial charge on any atom is -0.378 e. The summed E-state index contributed by atoms with van der Waals surface area (Å²) >= 11 is 0. The van der Waals surface area contributed by atoms with Gasteiger partial charge in [0.2, 0.25) is 0 Å². The summed E-state index contributed by atoms with van der Waals surface area (Å²) in [5.41, 5.74) is 0.832. The summed E-state index contributed by atoms with van der Waals surface area (Å²) < 4.78 is 19.1. The zero-order valence-electron chi connectivity index (χ0n) is 9.94. The number of hydrogen-bond acceptors (Lipinski definition) is 2. The Balaban J connectivity index is 1.63. The van der Waals surface area contributed by atoms with E-state index in [1.807, 2.05) is 12.1 Å². The summed E-state index contributed by atoms with van der Waals surface area (Å²) in [4.78, 5) is 2.51. The molecule has 2 saturated heterocycles. The Bertz CT molecular complexity index is 380. The lowest BCUT2D eigenvalue weighted by atomic mass is 10.1. The van der Waals surface area contributed by atoms with Gasteiger partial charge in [0.1, 0.15) is 5.82 Å². The largest absolute Gasteiger partial charge is 0.378 e. The molecule has 2 atom stereocenters. The van der Waals surface area contributed by atoms with E-state index in [0.29, 0.717) is 12.1 Å². The second-order valence-electron chi connectivity index (χ2n) is 5.00. The number of benzene rings is 1. The maximum Gasteiger partial charge on any atom is 0.126 e. The standard InChI is InChI=1S/C14H18FNO/c15-14-4-2-1-3-11(14)7-8-16-12-5-6-13(16)10-17-9-12/h1-4,12-13H,5-10H2. The van der Waals surface area contributed by atoms with Crippen LogP contribution in [0.5, 0.6) is 0 Å². The molecule has 2 heterocycles. The summed E-state index contributed by atoms with van der Waals surface area (Å²) in [6.07, 6.45) is 3.28. The second kappa shape index (κ2) is 4.75. The minimum atomic E-state index is -0.0758. The lowest BCUT2D eigenvalue weighted by Gasteiger charge is -2.34. The highest BCUT2D eigenvalue weighted by molar-refractivity contribution is 5.17. The van der Waals surface area contributed by atoms with Crippen molar-refractivity contribution in [2.24, 2.45) is 0 Å². The van der Waals surface area contributed by atoms with Gasteiger partial charge in [-0.2, -0.15) is 0 Å². The van der Waals surface area contributed by atoms with Crippen LogP contribution >= 0.6 is 0 Å². The van der Waals surface area contributed by atoms with Gasteiger partial charge >= 0.3 is 0 Å². The highest BCUT2D eigenvalue weighted by Gasteiger charge is 2.36. The van der Waals surface area contributed by atoms with Crippen LogP contribution in [-0.4, -0.2) is 36.7 Å². The minimum absolute atomic E-state index is 0.0758. The Morgan fingerprint density at radius 2 is 1.88 bits per heavy atom. The Morgan fingerprint density at radius 1 is 1.18 bits per heavy atom. The van der Waals surface area contributed by atoms with E-state index in [9.17, 15) is 4.39 Å². The van der Waals surface area contributed by atoms with Gasteiger partial charge in [-0.1, -0.05) is 18.2 Å². The smallest absolute Gasteiger partial charge is 0.126 e. The molecule has 0 spiro atoms. The van der Waals surface area contributed by atoms with E-state index in [-0.39, 0.29) is 5.82 Å². The summed E-state index contributed by atoms with van der Waals surface area (Å²) in [6.45, 7) is 2.67. The highest BCUT2D eigenvalue weighted by atomic mass is 19.1. The van der Waals surface area contributed by atoms with Gasteiger partial charge in [0.15, 0.2) is 0 Å². The molecular formula is C14H18FNO. The molecule has 1 aromatic carbocycles. The van der Waals surface area contributed by atoms with E-state index in [1.165, 1.54) is 12.8 Å². The van der Waals surface area contributed by atoms with Crippen LogP contribution in [0.25, 0.3) is 0 Å². The van der Waals surface area contributed by atoms with Gasteiger partial charge in [-0.25, -0.2) is 4.39 Å². The third-order valence-corrected chi connectivity index (χ3v) is 3.99. The predicted octanol–water partition coefficient (Wildman–Crippen LogP) is 2.23. The van der Waals surface area contributed by atoms with Gasteiger partial charge in [-0.15, -0.1) is 0 Å². The third kappa shape index (κ3) is 2.22. The molecule has 3 heteroatoms. The summed E-state index contributed by atoms with van der Waals surface area (Å²) in [7, 11) is 0. The van der Waals surface area contributed by atoms with Crippen LogP contribution in [-0.2, 0) is 11.2 Å². The lowest BCUT2D eigenvalue weighted by molar-refractivity contribution is -0.0138. The fourth-order valence-electron chi connectivity index (χ4n) is 3.03. The Morgan fingerprint density at radius 3 is 2.59 bits per heavy atom. The Hall–Kier alpha value is -0.930. The molecule has 2 aliphatic heterocycles. The van der Waals surface area contributed by atoms with Crippen LogP contribution in [0.3, 0.4) is 0 Å². The van der Waals surface area contributed by atoms with E-state index in [0.717, 1.165) is 31.7 Å². The van der Waals surface area contributed by atoms with Crippen LogP contribution in [0, 0.1) is 5.82 Å². The quantitative estimate of drug-likeness (QED) is 0.796. The number of nitrogens with zero attached hydrogens (tertiary/aromatic N) is 1. The molecule has 0 aliphatic carbocycles. The predicted molar refractivity (Wildman–Crippen MR) is 64.4 cm³/mol. The van der Waals surface area contributed by atoms with Crippen LogP contribution in [0.4, 0.5) is 4.39 Å². The maximum absolute atomic E-state index is 13.5. The van der Waals surface area contributed by atoms with Gasteiger partial charge in [0.05, 0.1) is 13.2 Å². The number of halogens is 1. The molecule has 0 N–H and O–H groups in total. The summed E-state index contributed by atoms with van der Waals surface area (Å²) in [5, 5.41) is 0. The summed E-state index contributed by atoms with van der Waals surface area (Å²) in [6, 6.07) is 8.23. The van der Waals surface area contributed by atoms with Crippen molar-refractivity contribution in [3.63, 3.8) is 0 Å². The van der Waals surface area contributed by atoms with Crippen molar-refractivity contribution in [1.29, 1.82) is 0 Å². The van der Waals surface area contributed by atoms with Crippen LogP contribution < -0.4 is 0 Å². The van der Waals surface area contributed by atoms with Crippen molar-refractivity contribution in [2.45, 2.75) is 31.3 Å². The number of hydrogen-bond donors (Lipinski definition) is 0. The molecule has 0 radical (unpaired) electrons. The zero-order chi connectivity index (χ0) is 11.7. The van der Waals surface area contributed by atoms with Gasteiger partial charge in [0, 0.05) is 18.6 Å². The average Bonchev–Trinajstić information content (AvgIpc) is 2.58. The number of ether oxygens (including phenoxy) is 1. The first kappa shape index (κ1) is 11.2. The fourth-order valence-corrected chi connectivity index (χ4v) is 3.03. The Kier molecular flexibility index (Phi) is 3.12. The van der Waals surface area contributed by atoms with Gasteiger partial charge in [-0.3, -0.25) is 4.90 Å². The first-order chi connectivity index (χ1) is 8.34. The molecule has 2 aliphatic rings. The highest BCUT2D eigenvalue weighted by Crippen LogP contribution is 2.28. The normalized spacial score (nSPS) is 28.5. The SMILES string of the molecule is Fc1ccccc1CCN1C2CCC1COC2. The lowest BCUT2D eigenvalue weighted by Crippen LogP contribution is -2.46. The molecule has 0 amide bonds. The number of morpholine rings is 1. The van der Waals surface area contributed by atoms with E-state index in [1.54, 1.807) is 12.1 Å².